The van der Waals surface area contributed by atoms with Gasteiger partial charge in [-0.05, 0) is 58.5 Å². The second-order valence-corrected chi connectivity index (χ2v) is 6.27. The minimum Gasteiger partial charge on any atom is -0.378 e. The van der Waals surface area contributed by atoms with Crippen molar-refractivity contribution in [1.82, 2.24) is 10.2 Å². The van der Waals surface area contributed by atoms with E-state index in [0.29, 0.717) is 12.1 Å². The van der Waals surface area contributed by atoms with Crippen LogP contribution in [0.15, 0.2) is 0 Å². The van der Waals surface area contributed by atoms with Crippen LogP contribution in [0.5, 0.6) is 0 Å². The van der Waals surface area contributed by atoms with Crippen LogP contribution in [0.1, 0.15) is 58.8 Å². The molecule has 2 fully saturated rings. The summed E-state index contributed by atoms with van der Waals surface area (Å²) in [6.07, 6.45) is 9.70. The molecule has 2 heterocycles. The summed E-state index contributed by atoms with van der Waals surface area (Å²) in [6.45, 7) is 9.27. The molecule has 19 heavy (non-hydrogen) atoms. The van der Waals surface area contributed by atoms with Gasteiger partial charge >= 0.3 is 0 Å². The Morgan fingerprint density at radius 2 is 2.16 bits per heavy atom. The molecule has 112 valence electrons. The molecule has 3 heteroatoms. The average Bonchev–Trinajstić information content (AvgIpc) is 2.96. The van der Waals surface area contributed by atoms with Crippen LogP contribution < -0.4 is 5.32 Å². The monoisotopic (exact) mass is 268 g/mol. The molecule has 2 rings (SSSR count). The summed E-state index contributed by atoms with van der Waals surface area (Å²) in [7, 11) is 0. The fraction of sp³-hybridized carbons (Fsp3) is 1.00. The van der Waals surface area contributed by atoms with E-state index >= 15 is 0 Å². The van der Waals surface area contributed by atoms with Crippen LogP contribution in [0.4, 0.5) is 0 Å². The highest BCUT2D eigenvalue weighted by Gasteiger charge is 2.27. The van der Waals surface area contributed by atoms with Gasteiger partial charge < -0.3 is 10.1 Å². The zero-order valence-corrected chi connectivity index (χ0v) is 12.9. The topological polar surface area (TPSA) is 24.5 Å². The minimum absolute atomic E-state index is 0.543. The Balaban J connectivity index is 1.77. The predicted molar refractivity (Wildman–Crippen MR) is 80.6 cm³/mol. The normalized spacial score (nSPS) is 30.6. The first-order chi connectivity index (χ1) is 9.31. The maximum atomic E-state index is 5.76. The van der Waals surface area contributed by atoms with Crippen molar-refractivity contribution in [3.05, 3.63) is 0 Å². The molecule has 0 spiro atoms. The Hall–Kier alpha value is -0.120. The number of rotatable bonds is 7. The van der Waals surface area contributed by atoms with E-state index in [1.165, 1.54) is 58.0 Å². The van der Waals surface area contributed by atoms with Gasteiger partial charge in [0.2, 0.25) is 0 Å². The first kappa shape index (κ1) is 15.3. The Morgan fingerprint density at radius 3 is 2.89 bits per heavy atom. The van der Waals surface area contributed by atoms with Crippen molar-refractivity contribution in [2.24, 2.45) is 0 Å². The smallest absolute Gasteiger partial charge is 0.0588 e. The Bertz CT molecular complexity index is 241. The SMILES string of the molecule is CCCNC(C)C1CCCCN1CCC1CCCO1. The summed E-state index contributed by atoms with van der Waals surface area (Å²) in [5.41, 5.74) is 0. The van der Waals surface area contributed by atoms with Crippen molar-refractivity contribution in [3.63, 3.8) is 0 Å². The van der Waals surface area contributed by atoms with Crippen molar-refractivity contribution in [2.45, 2.75) is 77.0 Å². The molecule has 0 amide bonds. The molecule has 0 aromatic rings. The van der Waals surface area contributed by atoms with Gasteiger partial charge in [0, 0.05) is 25.2 Å². The first-order valence-electron chi connectivity index (χ1n) is 8.40. The third-order valence-electron chi connectivity index (χ3n) is 4.72. The highest BCUT2D eigenvalue weighted by molar-refractivity contribution is 4.85. The fourth-order valence-electron chi connectivity index (χ4n) is 3.55. The average molecular weight is 268 g/mol. The quantitative estimate of drug-likeness (QED) is 0.768. The lowest BCUT2D eigenvalue weighted by molar-refractivity contribution is 0.0673. The van der Waals surface area contributed by atoms with Crippen LogP contribution in [-0.2, 0) is 4.74 Å². The molecule has 0 aliphatic carbocycles. The summed E-state index contributed by atoms with van der Waals surface area (Å²) in [6, 6.07) is 1.37. The minimum atomic E-state index is 0.543. The van der Waals surface area contributed by atoms with Crippen molar-refractivity contribution in [2.75, 3.05) is 26.2 Å². The van der Waals surface area contributed by atoms with Gasteiger partial charge in [0.1, 0.15) is 0 Å². The molecule has 0 aromatic carbocycles. The van der Waals surface area contributed by atoms with E-state index in [0.717, 1.165) is 19.2 Å². The molecule has 3 atom stereocenters. The molecular formula is C16H32N2O. The largest absolute Gasteiger partial charge is 0.378 e. The van der Waals surface area contributed by atoms with E-state index in [4.69, 9.17) is 4.74 Å². The molecule has 3 nitrogen and oxygen atoms in total. The maximum absolute atomic E-state index is 5.76. The van der Waals surface area contributed by atoms with Gasteiger partial charge in [-0.15, -0.1) is 0 Å². The van der Waals surface area contributed by atoms with Crippen molar-refractivity contribution in [1.29, 1.82) is 0 Å². The van der Waals surface area contributed by atoms with Crippen LogP contribution in [0.2, 0.25) is 0 Å². The molecule has 0 radical (unpaired) electrons. The van der Waals surface area contributed by atoms with Crippen LogP contribution in [0.3, 0.4) is 0 Å². The first-order valence-corrected chi connectivity index (χ1v) is 8.40. The van der Waals surface area contributed by atoms with E-state index in [1.54, 1.807) is 0 Å². The Morgan fingerprint density at radius 1 is 1.26 bits per heavy atom. The van der Waals surface area contributed by atoms with Crippen LogP contribution in [0, 0.1) is 0 Å². The standard InChI is InChI=1S/C16H32N2O/c1-3-10-17-14(2)16-8-4-5-11-18(16)12-9-15-7-6-13-19-15/h14-17H,3-13H2,1-2H3. The van der Waals surface area contributed by atoms with Crippen molar-refractivity contribution in [3.8, 4) is 0 Å². The van der Waals surface area contributed by atoms with Gasteiger partial charge in [0.25, 0.3) is 0 Å². The second kappa shape index (κ2) is 8.23. The van der Waals surface area contributed by atoms with E-state index in [2.05, 4.69) is 24.1 Å². The van der Waals surface area contributed by atoms with Gasteiger partial charge in [-0.3, -0.25) is 4.90 Å². The predicted octanol–water partition coefficient (Wildman–Crippen LogP) is 2.80. The number of hydrogen-bond donors (Lipinski definition) is 1. The van der Waals surface area contributed by atoms with Gasteiger partial charge in [-0.1, -0.05) is 13.3 Å². The van der Waals surface area contributed by atoms with Crippen LogP contribution in [-0.4, -0.2) is 49.3 Å². The zero-order chi connectivity index (χ0) is 13.5. The summed E-state index contributed by atoms with van der Waals surface area (Å²) >= 11 is 0. The Kier molecular flexibility index (Phi) is 6.62. The molecule has 2 saturated heterocycles. The van der Waals surface area contributed by atoms with Crippen molar-refractivity contribution >= 4 is 0 Å². The lowest BCUT2D eigenvalue weighted by atomic mass is 9.95. The number of piperidine rings is 1. The highest BCUT2D eigenvalue weighted by Crippen LogP contribution is 2.22. The summed E-state index contributed by atoms with van der Waals surface area (Å²) in [4.78, 5) is 2.72. The van der Waals surface area contributed by atoms with E-state index in [-0.39, 0.29) is 0 Å². The lowest BCUT2D eigenvalue weighted by Crippen LogP contribution is -2.51. The van der Waals surface area contributed by atoms with Gasteiger partial charge in [0.15, 0.2) is 0 Å². The van der Waals surface area contributed by atoms with E-state index in [1.807, 2.05) is 0 Å². The summed E-state index contributed by atoms with van der Waals surface area (Å²) < 4.78 is 5.76. The molecular weight excluding hydrogens is 236 g/mol. The molecule has 1 N–H and O–H groups in total. The number of likely N-dealkylation sites (tertiary alicyclic amines) is 1. The molecule has 3 unspecified atom stereocenters. The van der Waals surface area contributed by atoms with Crippen LogP contribution in [0.25, 0.3) is 0 Å². The van der Waals surface area contributed by atoms with Gasteiger partial charge in [-0.2, -0.15) is 0 Å². The fourth-order valence-corrected chi connectivity index (χ4v) is 3.55. The van der Waals surface area contributed by atoms with Gasteiger partial charge in [0.05, 0.1) is 6.10 Å². The third-order valence-corrected chi connectivity index (χ3v) is 4.72. The number of nitrogens with zero attached hydrogens (tertiary/aromatic N) is 1. The summed E-state index contributed by atoms with van der Waals surface area (Å²) in [5.74, 6) is 0. The zero-order valence-electron chi connectivity index (χ0n) is 12.9. The highest BCUT2D eigenvalue weighted by atomic mass is 16.5. The lowest BCUT2D eigenvalue weighted by Gasteiger charge is -2.40. The van der Waals surface area contributed by atoms with E-state index < -0.39 is 0 Å². The van der Waals surface area contributed by atoms with Crippen molar-refractivity contribution < 1.29 is 4.74 Å². The van der Waals surface area contributed by atoms with Gasteiger partial charge in [-0.25, -0.2) is 0 Å². The second-order valence-electron chi connectivity index (χ2n) is 6.27. The van der Waals surface area contributed by atoms with E-state index in [9.17, 15) is 0 Å². The molecule has 0 saturated carbocycles. The molecule has 0 bridgehead atoms. The third kappa shape index (κ3) is 4.73. The maximum Gasteiger partial charge on any atom is 0.0588 e. The Labute approximate surface area is 119 Å². The molecule has 0 aromatic heterocycles. The number of nitrogens with one attached hydrogen (secondary N) is 1. The molecule has 2 aliphatic heterocycles. The number of ether oxygens (including phenoxy) is 1. The summed E-state index contributed by atoms with van der Waals surface area (Å²) in [5, 5.41) is 3.69. The van der Waals surface area contributed by atoms with Crippen LogP contribution >= 0.6 is 0 Å². The molecule has 2 aliphatic rings. The number of hydrogen-bond acceptors (Lipinski definition) is 3.